The maximum absolute atomic E-state index is 14.2. The number of amides is 1. The number of likely N-dealkylation sites (tertiary alicyclic amines) is 1. The number of nitrogens with zero attached hydrogens (tertiary/aromatic N) is 4. The van der Waals surface area contributed by atoms with Crippen molar-refractivity contribution in [3.63, 3.8) is 0 Å². The summed E-state index contributed by atoms with van der Waals surface area (Å²) in [5.41, 5.74) is 1.77. The number of halogens is 1. The number of carbonyl (C=O) groups is 2. The molecule has 3 heterocycles. The van der Waals surface area contributed by atoms with Crippen LogP contribution in [-0.2, 0) is 16.1 Å². The number of carboxylic acid groups (broad SMARTS) is 1. The molecule has 166 valence electrons. The molecule has 1 aromatic carbocycles. The summed E-state index contributed by atoms with van der Waals surface area (Å²) in [5.74, 6) is -0.312. The highest BCUT2D eigenvalue weighted by molar-refractivity contribution is 5.95. The van der Waals surface area contributed by atoms with Crippen LogP contribution in [0.4, 0.5) is 4.39 Å². The van der Waals surface area contributed by atoms with Gasteiger partial charge in [-0.3, -0.25) is 14.6 Å². The first-order chi connectivity index (χ1) is 15.6. The van der Waals surface area contributed by atoms with E-state index in [-0.39, 0.29) is 18.5 Å². The molecule has 0 bridgehead atoms. The largest absolute Gasteiger partial charge is 0.483 e. The Hall–Kier alpha value is -3.72. The molecule has 2 aromatic heterocycles. The molecule has 0 aliphatic carbocycles. The van der Waals surface area contributed by atoms with E-state index < -0.39 is 5.82 Å². The second kappa shape index (κ2) is 11.6. The van der Waals surface area contributed by atoms with Crippen molar-refractivity contribution in [3.05, 3.63) is 78.1 Å². The van der Waals surface area contributed by atoms with Gasteiger partial charge in [-0.25, -0.2) is 14.4 Å². The van der Waals surface area contributed by atoms with Crippen LogP contribution in [0, 0.1) is 5.82 Å². The summed E-state index contributed by atoms with van der Waals surface area (Å²) in [6.07, 6.45) is 8.33. The van der Waals surface area contributed by atoms with Crippen molar-refractivity contribution >= 4 is 12.4 Å². The molecular formula is C23H23FN4O4. The van der Waals surface area contributed by atoms with Crippen LogP contribution >= 0.6 is 0 Å². The van der Waals surface area contributed by atoms with Crippen LogP contribution in [0.25, 0.3) is 11.4 Å². The molecule has 1 saturated heterocycles. The molecule has 1 fully saturated rings. The minimum absolute atomic E-state index is 0.0570. The molecule has 1 atom stereocenters. The minimum Gasteiger partial charge on any atom is -0.483 e. The van der Waals surface area contributed by atoms with Crippen molar-refractivity contribution in [2.45, 2.75) is 25.6 Å². The Morgan fingerprint density at radius 1 is 1.22 bits per heavy atom. The van der Waals surface area contributed by atoms with Crippen LogP contribution in [0.3, 0.4) is 0 Å². The van der Waals surface area contributed by atoms with E-state index in [1.807, 2.05) is 12.1 Å². The maximum Gasteiger partial charge on any atom is 0.290 e. The van der Waals surface area contributed by atoms with Crippen molar-refractivity contribution in [3.8, 4) is 11.4 Å². The normalized spacial score (nSPS) is 15.4. The van der Waals surface area contributed by atoms with Crippen LogP contribution in [0.2, 0.25) is 0 Å². The molecule has 0 spiro atoms. The molecule has 9 heteroatoms. The van der Waals surface area contributed by atoms with Gasteiger partial charge in [0.1, 0.15) is 5.82 Å². The lowest BCUT2D eigenvalue weighted by Crippen LogP contribution is -2.43. The third kappa shape index (κ3) is 6.39. The number of carbonyl (C=O) groups excluding carboxylic acids is 1. The quantitative estimate of drug-likeness (QED) is 0.610. The standard InChI is InChI=1S/C22H21FN4O2.CH2O2/c23-19-11-17(21-25-7-3-8-26-21)10-18(12-19)22(28)27-9-2-5-20(14-27)29-15-16-4-1-6-24-13-16;2-1-3/h1,3-4,6-8,10-13,20H,2,5,9,14-15H2;1H,(H,2,3). The number of pyridine rings is 1. The Labute approximate surface area is 184 Å². The zero-order valence-electron chi connectivity index (χ0n) is 17.3. The topological polar surface area (TPSA) is 106 Å². The molecule has 1 N–H and O–H groups in total. The fraction of sp³-hybridized carbons (Fsp3) is 0.261. The molecular weight excluding hydrogens is 415 g/mol. The minimum atomic E-state index is -0.486. The Balaban J connectivity index is 0.000000913. The van der Waals surface area contributed by atoms with E-state index in [0.29, 0.717) is 36.6 Å². The van der Waals surface area contributed by atoms with Crippen molar-refractivity contribution in [2.24, 2.45) is 0 Å². The number of aromatic nitrogens is 3. The molecule has 3 aromatic rings. The molecule has 1 aliphatic heterocycles. The van der Waals surface area contributed by atoms with Gasteiger partial charge in [-0.15, -0.1) is 0 Å². The number of benzene rings is 1. The van der Waals surface area contributed by atoms with Gasteiger partial charge in [-0.2, -0.15) is 0 Å². The van der Waals surface area contributed by atoms with Gasteiger partial charge in [0.15, 0.2) is 5.82 Å². The highest BCUT2D eigenvalue weighted by Crippen LogP contribution is 2.22. The van der Waals surface area contributed by atoms with E-state index >= 15 is 0 Å². The van der Waals surface area contributed by atoms with Crippen molar-refractivity contribution < 1.29 is 23.8 Å². The first kappa shape index (κ1) is 23.0. The number of rotatable bonds is 5. The number of hydrogen-bond donors (Lipinski definition) is 1. The van der Waals surface area contributed by atoms with Crippen LogP contribution in [-0.4, -0.2) is 56.5 Å². The van der Waals surface area contributed by atoms with Gasteiger partial charge in [-0.05, 0) is 48.7 Å². The third-order valence-electron chi connectivity index (χ3n) is 4.84. The summed E-state index contributed by atoms with van der Waals surface area (Å²) in [6.45, 7) is 1.31. The number of ether oxygens (including phenoxy) is 1. The summed E-state index contributed by atoms with van der Waals surface area (Å²) in [7, 11) is 0. The van der Waals surface area contributed by atoms with E-state index in [0.717, 1.165) is 18.4 Å². The lowest BCUT2D eigenvalue weighted by atomic mass is 10.0. The summed E-state index contributed by atoms with van der Waals surface area (Å²) in [6, 6.07) is 9.75. The molecule has 1 unspecified atom stereocenters. The predicted octanol–water partition coefficient (Wildman–Crippen LogP) is 3.20. The summed E-state index contributed by atoms with van der Waals surface area (Å²) in [4.78, 5) is 35.5. The third-order valence-corrected chi connectivity index (χ3v) is 4.84. The Bertz CT molecular complexity index is 1020. The first-order valence-corrected chi connectivity index (χ1v) is 10.1. The lowest BCUT2D eigenvalue weighted by molar-refractivity contribution is -0.122. The summed E-state index contributed by atoms with van der Waals surface area (Å²) in [5, 5.41) is 6.89. The van der Waals surface area contributed by atoms with Crippen LogP contribution in [0.5, 0.6) is 0 Å². The highest BCUT2D eigenvalue weighted by atomic mass is 19.1. The summed E-state index contributed by atoms with van der Waals surface area (Å²) >= 11 is 0. The SMILES string of the molecule is O=C(c1cc(F)cc(-c2ncccn2)c1)N1CCCC(OCc2cccnc2)C1.O=CO. The highest BCUT2D eigenvalue weighted by Gasteiger charge is 2.25. The van der Waals surface area contributed by atoms with E-state index in [1.165, 1.54) is 12.1 Å². The lowest BCUT2D eigenvalue weighted by Gasteiger charge is -2.32. The van der Waals surface area contributed by atoms with Crippen molar-refractivity contribution in [1.82, 2.24) is 19.9 Å². The molecule has 0 saturated carbocycles. The van der Waals surface area contributed by atoms with Crippen LogP contribution < -0.4 is 0 Å². The van der Waals surface area contributed by atoms with Gasteiger partial charge in [0.25, 0.3) is 12.4 Å². The first-order valence-electron chi connectivity index (χ1n) is 10.1. The predicted molar refractivity (Wildman–Crippen MR) is 114 cm³/mol. The van der Waals surface area contributed by atoms with E-state index in [2.05, 4.69) is 15.0 Å². The molecule has 1 aliphatic rings. The van der Waals surface area contributed by atoms with Gasteiger partial charge < -0.3 is 14.7 Å². The zero-order valence-corrected chi connectivity index (χ0v) is 17.3. The molecule has 1 amide bonds. The molecule has 4 rings (SSSR count). The van der Waals surface area contributed by atoms with Gasteiger partial charge in [-0.1, -0.05) is 6.07 Å². The second-order valence-electron chi connectivity index (χ2n) is 7.09. The van der Waals surface area contributed by atoms with Crippen LogP contribution in [0.1, 0.15) is 28.8 Å². The fourth-order valence-corrected chi connectivity index (χ4v) is 3.43. The Morgan fingerprint density at radius 3 is 2.72 bits per heavy atom. The molecule has 0 radical (unpaired) electrons. The Morgan fingerprint density at radius 2 is 2.00 bits per heavy atom. The van der Waals surface area contributed by atoms with Crippen LogP contribution in [0.15, 0.2) is 61.2 Å². The fourth-order valence-electron chi connectivity index (χ4n) is 3.43. The maximum atomic E-state index is 14.2. The molecule has 32 heavy (non-hydrogen) atoms. The smallest absolute Gasteiger partial charge is 0.290 e. The van der Waals surface area contributed by atoms with E-state index in [4.69, 9.17) is 14.6 Å². The van der Waals surface area contributed by atoms with Gasteiger partial charge >= 0.3 is 0 Å². The van der Waals surface area contributed by atoms with Gasteiger partial charge in [0, 0.05) is 49.0 Å². The number of piperidine rings is 1. The average Bonchev–Trinajstić information content (AvgIpc) is 2.84. The van der Waals surface area contributed by atoms with Crippen molar-refractivity contribution in [2.75, 3.05) is 13.1 Å². The molecule has 8 nitrogen and oxygen atoms in total. The monoisotopic (exact) mass is 438 g/mol. The van der Waals surface area contributed by atoms with Crippen molar-refractivity contribution in [1.29, 1.82) is 0 Å². The zero-order chi connectivity index (χ0) is 22.8. The van der Waals surface area contributed by atoms with Gasteiger partial charge in [0.2, 0.25) is 0 Å². The average molecular weight is 438 g/mol. The number of hydrogen-bond acceptors (Lipinski definition) is 6. The van der Waals surface area contributed by atoms with E-state index in [1.54, 1.807) is 41.8 Å². The van der Waals surface area contributed by atoms with E-state index in [9.17, 15) is 9.18 Å². The van der Waals surface area contributed by atoms with Gasteiger partial charge in [0.05, 0.1) is 12.7 Å². The summed E-state index contributed by atoms with van der Waals surface area (Å²) < 4.78 is 20.1. The second-order valence-corrected chi connectivity index (χ2v) is 7.09. The Kier molecular flexibility index (Phi) is 8.33.